The van der Waals surface area contributed by atoms with Gasteiger partial charge < -0.3 is 5.73 Å². The number of benzene rings is 2. The van der Waals surface area contributed by atoms with E-state index < -0.39 is 0 Å². The first-order valence-electron chi connectivity index (χ1n) is 7.18. The van der Waals surface area contributed by atoms with Crippen LogP contribution in [0.1, 0.15) is 36.1 Å². The van der Waals surface area contributed by atoms with Gasteiger partial charge in [0, 0.05) is 18.2 Å². The Morgan fingerprint density at radius 3 is 2.52 bits per heavy atom. The summed E-state index contributed by atoms with van der Waals surface area (Å²) in [5.41, 5.74) is 9.58. The second-order valence-electron chi connectivity index (χ2n) is 5.12. The highest BCUT2D eigenvalue weighted by Crippen LogP contribution is 2.25. The third-order valence-corrected chi connectivity index (χ3v) is 3.71. The molecule has 110 valence electrons. The molecular weight excluding hydrogens is 264 g/mol. The molecule has 1 atom stereocenters. The van der Waals surface area contributed by atoms with Crippen LogP contribution < -0.4 is 5.73 Å². The van der Waals surface area contributed by atoms with Crippen LogP contribution in [-0.2, 0) is 12.8 Å². The first-order chi connectivity index (χ1) is 10.1. The summed E-state index contributed by atoms with van der Waals surface area (Å²) in [7, 11) is 0. The first-order valence-corrected chi connectivity index (χ1v) is 7.18. The van der Waals surface area contributed by atoms with Crippen molar-refractivity contribution >= 4 is 5.69 Å². The molecule has 0 aromatic heterocycles. The van der Waals surface area contributed by atoms with Crippen LogP contribution in [-0.4, -0.2) is 4.92 Å². The Morgan fingerprint density at radius 1 is 1.19 bits per heavy atom. The summed E-state index contributed by atoms with van der Waals surface area (Å²) in [5, 5.41) is 10.9. The van der Waals surface area contributed by atoms with Crippen molar-refractivity contribution in [2.45, 2.75) is 32.2 Å². The van der Waals surface area contributed by atoms with E-state index in [1.165, 1.54) is 5.56 Å². The normalized spacial score (nSPS) is 12.1. The van der Waals surface area contributed by atoms with Gasteiger partial charge in [0.25, 0.3) is 5.69 Å². The third-order valence-electron chi connectivity index (χ3n) is 3.71. The number of non-ortho nitro benzene ring substituents is 1. The molecule has 0 aliphatic carbocycles. The summed E-state index contributed by atoms with van der Waals surface area (Å²) < 4.78 is 0. The van der Waals surface area contributed by atoms with Crippen molar-refractivity contribution in [1.82, 2.24) is 0 Å². The maximum atomic E-state index is 10.9. The van der Waals surface area contributed by atoms with Gasteiger partial charge in [-0.2, -0.15) is 0 Å². The minimum atomic E-state index is -0.368. The number of hydrogen-bond donors (Lipinski definition) is 1. The van der Waals surface area contributed by atoms with Crippen molar-refractivity contribution in [2.24, 2.45) is 5.73 Å². The highest BCUT2D eigenvalue weighted by molar-refractivity contribution is 5.41. The fourth-order valence-electron chi connectivity index (χ4n) is 2.49. The van der Waals surface area contributed by atoms with Crippen LogP contribution in [0.3, 0.4) is 0 Å². The molecule has 2 N–H and O–H groups in total. The predicted octanol–water partition coefficient (Wildman–Crippen LogP) is 3.79. The Balaban J connectivity index is 2.15. The number of nitrogens with zero attached hydrogens (tertiary/aromatic N) is 1. The molecule has 0 bridgehead atoms. The van der Waals surface area contributed by atoms with Crippen LogP contribution in [0.25, 0.3) is 0 Å². The highest BCUT2D eigenvalue weighted by atomic mass is 16.6. The second kappa shape index (κ2) is 6.99. The Bertz CT molecular complexity index is 611. The number of nitrogens with two attached hydrogens (primary N) is 1. The Kier molecular flexibility index (Phi) is 5.06. The van der Waals surface area contributed by atoms with Crippen molar-refractivity contribution < 1.29 is 4.92 Å². The van der Waals surface area contributed by atoms with Crippen LogP contribution >= 0.6 is 0 Å². The molecule has 21 heavy (non-hydrogen) atoms. The first kappa shape index (κ1) is 15.2. The third kappa shape index (κ3) is 3.89. The van der Waals surface area contributed by atoms with Crippen molar-refractivity contribution in [3.8, 4) is 0 Å². The van der Waals surface area contributed by atoms with Crippen molar-refractivity contribution in [2.75, 3.05) is 0 Å². The van der Waals surface area contributed by atoms with E-state index in [4.69, 9.17) is 5.73 Å². The second-order valence-corrected chi connectivity index (χ2v) is 5.12. The lowest BCUT2D eigenvalue weighted by molar-refractivity contribution is -0.384. The van der Waals surface area contributed by atoms with Gasteiger partial charge in [-0.3, -0.25) is 10.1 Å². The van der Waals surface area contributed by atoms with E-state index in [9.17, 15) is 10.1 Å². The molecule has 1 unspecified atom stereocenters. The van der Waals surface area contributed by atoms with Crippen LogP contribution in [0.4, 0.5) is 5.69 Å². The van der Waals surface area contributed by atoms with Crippen LogP contribution in [0.15, 0.2) is 48.5 Å². The lowest BCUT2D eigenvalue weighted by Gasteiger charge is -2.16. The summed E-state index contributed by atoms with van der Waals surface area (Å²) in [6, 6.07) is 14.9. The maximum Gasteiger partial charge on any atom is 0.269 e. The van der Waals surface area contributed by atoms with Gasteiger partial charge in [0.1, 0.15) is 0 Å². The van der Waals surface area contributed by atoms with Crippen LogP contribution in [0.5, 0.6) is 0 Å². The van der Waals surface area contributed by atoms with Crippen molar-refractivity contribution in [3.63, 3.8) is 0 Å². The van der Waals surface area contributed by atoms with E-state index in [0.29, 0.717) is 0 Å². The lowest BCUT2D eigenvalue weighted by Crippen LogP contribution is -2.14. The minimum absolute atomic E-state index is 0.109. The zero-order chi connectivity index (χ0) is 15.2. The lowest BCUT2D eigenvalue weighted by atomic mass is 9.94. The molecule has 0 aliphatic rings. The minimum Gasteiger partial charge on any atom is -0.324 e. The number of hydrogen-bond acceptors (Lipinski definition) is 3. The zero-order valence-corrected chi connectivity index (χ0v) is 12.2. The molecule has 0 saturated heterocycles. The number of nitro groups is 1. The number of aryl methyl sites for hydroxylation is 2. The van der Waals surface area contributed by atoms with Crippen molar-refractivity contribution in [3.05, 3.63) is 75.3 Å². The average Bonchev–Trinajstić information content (AvgIpc) is 2.52. The fraction of sp³-hybridized carbons (Fsp3) is 0.294. The summed E-state index contributed by atoms with van der Waals surface area (Å²) in [4.78, 5) is 10.6. The van der Waals surface area contributed by atoms with Gasteiger partial charge in [0.2, 0.25) is 0 Å². The quantitative estimate of drug-likeness (QED) is 0.648. The topological polar surface area (TPSA) is 69.2 Å². The van der Waals surface area contributed by atoms with Gasteiger partial charge in [-0.25, -0.2) is 0 Å². The monoisotopic (exact) mass is 284 g/mol. The fourth-order valence-corrected chi connectivity index (χ4v) is 2.49. The largest absolute Gasteiger partial charge is 0.324 e. The maximum absolute atomic E-state index is 10.9. The van der Waals surface area contributed by atoms with E-state index >= 15 is 0 Å². The van der Waals surface area contributed by atoms with Gasteiger partial charge >= 0.3 is 0 Å². The molecule has 2 aromatic carbocycles. The Morgan fingerprint density at radius 2 is 1.90 bits per heavy atom. The standard InChI is InChI=1S/C17H20N2O2/c1-2-14-9-10-15(19(20)21)12-16(14)17(18)11-8-13-6-4-3-5-7-13/h3-7,9-10,12,17H,2,8,11,18H2,1H3. The van der Waals surface area contributed by atoms with E-state index in [2.05, 4.69) is 12.1 Å². The summed E-state index contributed by atoms with van der Waals surface area (Å²) in [5.74, 6) is 0. The summed E-state index contributed by atoms with van der Waals surface area (Å²) in [6.07, 6.45) is 2.47. The molecule has 0 heterocycles. The van der Waals surface area contributed by atoms with Gasteiger partial charge in [0.05, 0.1) is 4.92 Å². The van der Waals surface area contributed by atoms with Gasteiger partial charge in [-0.1, -0.05) is 43.3 Å². The molecule has 4 heteroatoms. The molecular formula is C17H20N2O2. The smallest absolute Gasteiger partial charge is 0.269 e. The van der Waals surface area contributed by atoms with E-state index in [0.717, 1.165) is 30.4 Å². The highest BCUT2D eigenvalue weighted by Gasteiger charge is 2.15. The summed E-state index contributed by atoms with van der Waals surface area (Å²) in [6.45, 7) is 2.04. The molecule has 2 aromatic rings. The van der Waals surface area contributed by atoms with E-state index in [1.54, 1.807) is 12.1 Å². The van der Waals surface area contributed by atoms with Crippen LogP contribution in [0.2, 0.25) is 0 Å². The van der Waals surface area contributed by atoms with Gasteiger partial charge in [0.15, 0.2) is 0 Å². The Hall–Kier alpha value is -2.20. The van der Waals surface area contributed by atoms with Crippen LogP contribution in [0, 0.1) is 10.1 Å². The molecule has 0 radical (unpaired) electrons. The molecule has 0 fully saturated rings. The van der Waals surface area contributed by atoms with E-state index in [1.807, 2.05) is 31.2 Å². The number of nitro benzene ring substituents is 1. The molecule has 2 rings (SSSR count). The number of rotatable bonds is 6. The van der Waals surface area contributed by atoms with Crippen molar-refractivity contribution in [1.29, 1.82) is 0 Å². The molecule has 0 saturated carbocycles. The van der Waals surface area contributed by atoms with Gasteiger partial charge in [-0.15, -0.1) is 0 Å². The predicted molar refractivity (Wildman–Crippen MR) is 84.2 cm³/mol. The molecule has 0 amide bonds. The zero-order valence-electron chi connectivity index (χ0n) is 12.2. The average molecular weight is 284 g/mol. The van der Waals surface area contributed by atoms with E-state index in [-0.39, 0.29) is 16.7 Å². The SMILES string of the molecule is CCc1ccc([N+](=O)[O-])cc1C(N)CCc1ccccc1. The molecule has 4 nitrogen and oxygen atoms in total. The Labute approximate surface area is 124 Å². The summed E-state index contributed by atoms with van der Waals surface area (Å²) >= 11 is 0. The molecule has 0 aliphatic heterocycles. The molecule has 0 spiro atoms. The van der Waals surface area contributed by atoms with Gasteiger partial charge in [-0.05, 0) is 36.0 Å².